The van der Waals surface area contributed by atoms with Crippen LogP contribution in [-0.2, 0) is 6.42 Å². The van der Waals surface area contributed by atoms with E-state index in [2.05, 4.69) is 11.9 Å². The SMILES string of the molecule is CCCc1cc(N)c2oc(-c3ccc(F)cc3)nc2c1. The molecule has 2 aromatic carbocycles. The van der Waals surface area contributed by atoms with Crippen molar-refractivity contribution in [1.29, 1.82) is 0 Å². The fraction of sp³-hybridized carbons (Fsp3) is 0.188. The van der Waals surface area contributed by atoms with Gasteiger partial charge in [-0.15, -0.1) is 0 Å². The second kappa shape index (κ2) is 4.96. The van der Waals surface area contributed by atoms with Crippen LogP contribution in [0.15, 0.2) is 40.8 Å². The van der Waals surface area contributed by atoms with Gasteiger partial charge in [-0.2, -0.15) is 0 Å². The van der Waals surface area contributed by atoms with Crippen molar-refractivity contribution in [3.63, 3.8) is 0 Å². The number of benzene rings is 2. The molecule has 3 nitrogen and oxygen atoms in total. The highest BCUT2D eigenvalue weighted by Gasteiger charge is 2.11. The molecule has 4 heteroatoms. The van der Waals surface area contributed by atoms with Gasteiger partial charge in [0.05, 0.1) is 5.69 Å². The number of aryl methyl sites for hydroxylation is 1. The summed E-state index contributed by atoms with van der Waals surface area (Å²) in [6, 6.07) is 9.97. The standard InChI is InChI=1S/C16H15FN2O/c1-2-3-10-8-13(18)15-14(9-10)19-16(20-15)11-4-6-12(17)7-5-11/h4-9H,2-3,18H2,1H3. The van der Waals surface area contributed by atoms with E-state index in [4.69, 9.17) is 10.2 Å². The van der Waals surface area contributed by atoms with Gasteiger partial charge in [-0.3, -0.25) is 0 Å². The monoisotopic (exact) mass is 270 g/mol. The van der Waals surface area contributed by atoms with Crippen molar-refractivity contribution in [2.45, 2.75) is 19.8 Å². The number of hydrogen-bond acceptors (Lipinski definition) is 3. The highest BCUT2D eigenvalue weighted by Crippen LogP contribution is 2.29. The maximum Gasteiger partial charge on any atom is 0.227 e. The number of nitrogen functional groups attached to an aromatic ring is 1. The van der Waals surface area contributed by atoms with Crippen LogP contribution in [0.2, 0.25) is 0 Å². The molecule has 0 amide bonds. The van der Waals surface area contributed by atoms with E-state index in [0.29, 0.717) is 17.2 Å². The van der Waals surface area contributed by atoms with E-state index in [-0.39, 0.29) is 5.82 Å². The highest BCUT2D eigenvalue weighted by molar-refractivity contribution is 5.87. The molecule has 0 aliphatic heterocycles. The molecule has 0 fully saturated rings. The molecule has 0 aliphatic carbocycles. The summed E-state index contributed by atoms with van der Waals surface area (Å²) in [4.78, 5) is 4.45. The Balaban J connectivity index is 2.10. The number of aromatic nitrogens is 1. The smallest absolute Gasteiger partial charge is 0.227 e. The molecule has 3 aromatic rings. The quantitative estimate of drug-likeness (QED) is 0.727. The first-order valence-electron chi connectivity index (χ1n) is 6.62. The predicted octanol–water partition coefficient (Wildman–Crippen LogP) is 4.17. The molecule has 0 saturated heterocycles. The number of anilines is 1. The summed E-state index contributed by atoms with van der Waals surface area (Å²) in [5.74, 6) is 0.176. The average molecular weight is 270 g/mol. The van der Waals surface area contributed by atoms with Gasteiger partial charge in [0.1, 0.15) is 11.3 Å². The van der Waals surface area contributed by atoms with E-state index in [0.717, 1.165) is 29.5 Å². The lowest BCUT2D eigenvalue weighted by molar-refractivity contribution is 0.617. The van der Waals surface area contributed by atoms with Crippen LogP contribution >= 0.6 is 0 Å². The molecule has 0 atom stereocenters. The van der Waals surface area contributed by atoms with Gasteiger partial charge >= 0.3 is 0 Å². The molecular weight excluding hydrogens is 255 g/mol. The lowest BCUT2D eigenvalue weighted by Gasteiger charge is -2.00. The summed E-state index contributed by atoms with van der Waals surface area (Å²) in [7, 11) is 0. The molecule has 102 valence electrons. The third-order valence-corrected chi connectivity index (χ3v) is 3.21. The predicted molar refractivity (Wildman–Crippen MR) is 77.8 cm³/mol. The van der Waals surface area contributed by atoms with Gasteiger partial charge in [0.15, 0.2) is 5.58 Å². The summed E-state index contributed by atoms with van der Waals surface area (Å²) < 4.78 is 18.6. The first-order valence-corrected chi connectivity index (χ1v) is 6.62. The Morgan fingerprint density at radius 1 is 1.20 bits per heavy atom. The van der Waals surface area contributed by atoms with E-state index in [1.54, 1.807) is 12.1 Å². The molecule has 20 heavy (non-hydrogen) atoms. The first kappa shape index (κ1) is 12.7. The van der Waals surface area contributed by atoms with Crippen molar-refractivity contribution in [3.8, 4) is 11.5 Å². The van der Waals surface area contributed by atoms with Crippen LogP contribution in [0.3, 0.4) is 0 Å². The lowest BCUT2D eigenvalue weighted by Crippen LogP contribution is -1.90. The second-order valence-electron chi connectivity index (χ2n) is 4.81. The Morgan fingerprint density at radius 2 is 1.95 bits per heavy atom. The minimum absolute atomic E-state index is 0.283. The summed E-state index contributed by atoms with van der Waals surface area (Å²) in [5, 5.41) is 0. The van der Waals surface area contributed by atoms with Gasteiger partial charge in [-0.05, 0) is 48.4 Å². The number of nitrogens with zero attached hydrogens (tertiary/aromatic N) is 1. The van der Waals surface area contributed by atoms with Gasteiger partial charge in [-0.25, -0.2) is 9.37 Å². The van der Waals surface area contributed by atoms with Crippen LogP contribution in [-0.4, -0.2) is 4.98 Å². The van der Waals surface area contributed by atoms with Crippen LogP contribution in [0.1, 0.15) is 18.9 Å². The second-order valence-corrected chi connectivity index (χ2v) is 4.81. The van der Waals surface area contributed by atoms with Crippen molar-refractivity contribution >= 4 is 16.8 Å². The summed E-state index contributed by atoms with van der Waals surface area (Å²) >= 11 is 0. The molecule has 0 unspecified atom stereocenters. The van der Waals surface area contributed by atoms with Gasteiger partial charge in [0, 0.05) is 5.56 Å². The first-order chi connectivity index (χ1) is 9.67. The number of oxazole rings is 1. The van der Waals surface area contributed by atoms with Crippen molar-refractivity contribution in [1.82, 2.24) is 4.98 Å². The fourth-order valence-electron chi connectivity index (χ4n) is 2.27. The van der Waals surface area contributed by atoms with E-state index >= 15 is 0 Å². The van der Waals surface area contributed by atoms with E-state index in [1.807, 2.05) is 12.1 Å². The molecule has 1 heterocycles. The Kier molecular flexibility index (Phi) is 3.14. The number of rotatable bonds is 3. The van der Waals surface area contributed by atoms with E-state index in [1.165, 1.54) is 12.1 Å². The average Bonchev–Trinajstić information content (AvgIpc) is 2.84. The number of nitrogens with two attached hydrogens (primary N) is 1. The van der Waals surface area contributed by atoms with E-state index < -0.39 is 0 Å². The Hall–Kier alpha value is -2.36. The van der Waals surface area contributed by atoms with E-state index in [9.17, 15) is 4.39 Å². The highest BCUT2D eigenvalue weighted by atomic mass is 19.1. The Morgan fingerprint density at radius 3 is 2.65 bits per heavy atom. The third kappa shape index (κ3) is 2.25. The van der Waals surface area contributed by atoms with Crippen LogP contribution < -0.4 is 5.73 Å². The zero-order valence-corrected chi connectivity index (χ0v) is 11.2. The minimum Gasteiger partial charge on any atom is -0.434 e. The normalized spacial score (nSPS) is 11.1. The molecule has 0 saturated carbocycles. The molecular formula is C16H15FN2O. The number of halogens is 1. The summed E-state index contributed by atoms with van der Waals surface area (Å²) in [5.41, 5.74) is 9.81. The molecule has 0 spiro atoms. The Bertz CT molecular complexity index is 747. The van der Waals surface area contributed by atoms with Crippen molar-refractivity contribution in [2.24, 2.45) is 0 Å². The largest absolute Gasteiger partial charge is 0.434 e. The third-order valence-electron chi connectivity index (χ3n) is 3.21. The fourth-order valence-corrected chi connectivity index (χ4v) is 2.27. The van der Waals surface area contributed by atoms with Crippen LogP contribution in [0.5, 0.6) is 0 Å². The zero-order valence-electron chi connectivity index (χ0n) is 11.2. The lowest BCUT2D eigenvalue weighted by atomic mass is 10.1. The zero-order chi connectivity index (χ0) is 14.1. The Labute approximate surface area is 116 Å². The maximum atomic E-state index is 12.9. The topological polar surface area (TPSA) is 52.0 Å². The van der Waals surface area contributed by atoms with Gasteiger partial charge in [-0.1, -0.05) is 13.3 Å². The van der Waals surface area contributed by atoms with Crippen molar-refractivity contribution in [2.75, 3.05) is 5.73 Å². The summed E-state index contributed by atoms with van der Waals surface area (Å²) in [6.45, 7) is 2.12. The maximum absolute atomic E-state index is 12.9. The molecule has 2 N–H and O–H groups in total. The minimum atomic E-state index is -0.283. The van der Waals surface area contributed by atoms with Gasteiger partial charge < -0.3 is 10.2 Å². The number of hydrogen-bond donors (Lipinski definition) is 1. The van der Waals surface area contributed by atoms with Gasteiger partial charge in [0.25, 0.3) is 0 Å². The number of fused-ring (bicyclic) bond motifs is 1. The van der Waals surface area contributed by atoms with Crippen molar-refractivity contribution in [3.05, 3.63) is 47.8 Å². The van der Waals surface area contributed by atoms with Crippen LogP contribution in [0.25, 0.3) is 22.6 Å². The molecule has 1 aromatic heterocycles. The van der Waals surface area contributed by atoms with Crippen LogP contribution in [0, 0.1) is 5.82 Å². The molecule has 0 bridgehead atoms. The van der Waals surface area contributed by atoms with Gasteiger partial charge in [0.2, 0.25) is 5.89 Å². The summed E-state index contributed by atoms with van der Waals surface area (Å²) in [6.07, 6.45) is 2.01. The van der Waals surface area contributed by atoms with Crippen LogP contribution in [0.4, 0.5) is 10.1 Å². The molecule has 3 rings (SSSR count). The van der Waals surface area contributed by atoms with Crippen molar-refractivity contribution < 1.29 is 8.81 Å². The molecule has 0 aliphatic rings. The molecule has 0 radical (unpaired) electrons.